The number of hydrogen-bond acceptors (Lipinski definition) is 3. The number of hydrogen-bond donors (Lipinski definition) is 4. The first-order valence-corrected chi connectivity index (χ1v) is 6.43. The van der Waals surface area contributed by atoms with Gasteiger partial charge in [-0.25, -0.2) is 0 Å². The Bertz CT molecular complexity index is 430. The smallest absolute Gasteiger partial charge is 0.267 e. The minimum Gasteiger partial charge on any atom is -0.397 e. The second-order valence-electron chi connectivity index (χ2n) is 5.46. The monoisotopic (exact) mass is 251 g/mol. The van der Waals surface area contributed by atoms with Gasteiger partial charge in [-0.05, 0) is 24.8 Å². The van der Waals surface area contributed by atoms with Crippen molar-refractivity contribution in [1.29, 1.82) is 0 Å². The fourth-order valence-electron chi connectivity index (χ4n) is 2.68. The van der Waals surface area contributed by atoms with Crippen molar-refractivity contribution in [1.82, 2.24) is 10.3 Å². The lowest BCUT2D eigenvalue weighted by Gasteiger charge is -2.35. The highest BCUT2D eigenvalue weighted by atomic mass is 16.3. The van der Waals surface area contributed by atoms with Crippen LogP contribution >= 0.6 is 0 Å². The van der Waals surface area contributed by atoms with E-state index in [0.29, 0.717) is 23.8 Å². The van der Waals surface area contributed by atoms with Crippen molar-refractivity contribution in [3.8, 4) is 0 Å². The maximum atomic E-state index is 11.8. The Labute approximate surface area is 107 Å². The first-order chi connectivity index (χ1) is 8.48. The number of carbonyl (C=O) groups is 1. The van der Waals surface area contributed by atoms with Gasteiger partial charge in [0.15, 0.2) is 0 Å². The number of rotatable bonds is 3. The highest BCUT2D eigenvalue weighted by Gasteiger charge is 2.32. The van der Waals surface area contributed by atoms with Crippen molar-refractivity contribution >= 4 is 11.6 Å². The van der Waals surface area contributed by atoms with Crippen LogP contribution in [0.1, 0.15) is 43.1 Å². The maximum absolute atomic E-state index is 11.8. The minimum atomic E-state index is -0.758. The number of nitrogens with two attached hydrogens (primary N) is 1. The minimum absolute atomic E-state index is 0.224. The molecule has 2 unspecified atom stereocenters. The first kappa shape index (κ1) is 13.0. The van der Waals surface area contributed by atoms with E-state index < -0.39 is 5.60 Å². The summed E-state index contributed by atoms with van der Waals surface area (Å²) in [6.07, 6.45) is 5.25. The van der Waals surface area contributed by atoms with E-state index in [1.165, 1.54) is 0 Å². The van der Waals surface area contributed by atoms with E-state index >= 15 is 0 Å². The van der Waals surface area contributed by atoms with E-state index in [2.05, 4.69) is 17.2 Å². The summed E-state index contributed by atoms with van der Waals surface area (Å²) in [4.78, 5) is 14.6. The summed E-state index contributed by atoms with van der Waals surface area (Å²) in [6, 6.07) is 1.59. The average molecular weight is 251 g/mol. The molecule has 100 valence electrons. The van der Waals surface area contributed by atoms with Gasteiger partial charge in [-0.2, -0.15) is 0 Å². The van der Waals surface area contributed by atoms with Crippen LogP contribution in [-0.4, -0.2) is 28.1 Å². The van der Waals surface area contributed by atoms with Crippen LogP contribution in [0, 0.1) is 5.92 Å². The SMILES string of the molecule is CC1CCCC(O)(CNC(=O)c2cc(N)c[nH]2)C1. The number of aromatic amines is 1. The molecule has 2 rings (SSSR count). The van der Waals surface area contributed by atoms with Gasteiger partial charge >= 0.3 is 0 Å². The van der Waals surface area contributed by atoms with E-state index in [4.69, 9.17) is 5.73 Å². The van der Waals surface area contributed by atoms with Crippen LogP contribution in [0.3, 0.4) is 0 Å². The zero-order valence-electron chi connectivity index (χ0n) is 10.7. The Hall–Kier alpha value is -1.49. The van der Waals surface area contributed by atoms with Gasteiger partial charge in [0.05, 0.1) is 5.60 Å². The zero-order valence-corrected chi connectivity index (χ0v) is 10.7. The molecule has 1 aromatic rings. The van der Waals surface area contributed by atoms with E-state index in [1.807, 2.05) is 0 Å². The van der Waals surface area contributed by atoms with Crippen LogP contribution in [-0.2, 0) is 0 Å². The van der Waals surface area contributed by atoms with Crippen molar-refractivity contribution in [3.05, 3.63) is 18.0 Å². The number of H-pyrrole nitrogens is 1. The second kappa shape index (κ2) is 5.02. The Morgan fingerprint density at radius 3 is 3.11 bits per heavy atom. The molecule has 5 N–H and O–H groups in total. The summed E-state index contributed by atoms with van der Waals surface area (Å²) in [5, 5.41) is 13.2. The molecule has 1 fully saturated rings. The third-order valence-corrected chi connectivity index (χ3v) is 3.60. The van der Waals surface area contributed by atoms with Crippen LogP contribution in [0.15, 0.2) is 12.3 Å². The van der Waals surface area contributed by atoms with Gasteiger partial charge in [0, 0.05) is 18.4 Å². The molecule has 1 aliphatic rings. The predicted molar refractivity (Wildman–Crippen MR) is 70.1 cm³/mol. The second-order valence-corrected chi connectivity index (χ2v) is 5.46. The molecule has 1 saturated carbocycles. The Balaban J connectivity index is 1.89. The Morgan fingerprint density at radius 2 is 2.50 bits per heavy atom. The van der Waals surface area contributed by atoms with Gasteiger partial charge in [0.25, 0.3) is 5.91 Å². The van der Waals surface area contributed by atoms with Crippen LogP contribution in [0.2, 0.25) is 0 Å². The molecule has 0 bridgehead atoms. The van der Waals surface area contributed by atoms with Gasteiger partial charge in [-0.15, -0.1) is 0 Å². The van der Waals surface area contributed by atoms with E-state index in [1.54, 1.807) is 12.3 Å². The lowest BCUT2D eigenvalue weighted by molar-refractivity contribution is -0.0109. The molecule has 18 heavy (non-hydrogen) atoms. The first-order valence-electron chi connectivity index (χ1n) is 6.43. The molecule has 2 atom stereocenters. The number of aliphatic hydroxyl groups is 1. The summed E-state index contributed by atoms with van der Waals surface area (Å²) in [6.45, 7) is 2.44. The summed E-state index contributed by atoms with van der Waals surface area (Å²) < 4.78 is 0. The molecular weight excluding hydrogens is 230 g/mol. The molecule has 1 amide bonds. The Kier molecular flexibility index (Phi) is 3.61. The summed E-state index contributed by atoms with van der Waals surface area (Å²) in [5.41, 5.74) is 5.74. The van der Waals surface area contributed by atoms with E-state index in [-0.39, 0.29) is 5.91 Å². The molecule has 0 saturated heterocycles. The van der Waals surface area contributed by atoms with Gasteiger partial charge in [0.2, 0.25) is 0 Å². The third-order valence-electron chi connectivity index (χ3n) is 3.60. The van der Waals surface area contributed by atoms with Crippen molar-refractivity contribution in [2.45, 2.75) is 38.2 Å². The maximum Gasteiger partial charge on any atom is 0.267 e. The van der Waals surface area contributed by atoms with Crippen LogP contribution in [0.25, 0.3) is 0 Å². The van der Waals surface area contributed by atoms with Crippen LogP contribution in [0.5, 0.6) is 0 Å². The lowest BCUT2D eigenvalue weighted by atomic mass is 9.79. The van der Waals surface area contributed by atoms with Crippen molar-refractivity contribution < 1.29 is 9.90 Å². The standard InChI is InChI=1S/C13H21N3O2/c1-9-3-2-4-13(18,6-9)8-16-12(17)11-5-10(14)7-15-11/h5,7,9,15,18H,2-4,6,8,14H2,1H3,(H,16,17). The van der Waals surface area contributed by atoms with Gasteiger partial charge in [0.1, 0.15) is 5.69 Å². The molecular formula is C13H21N3O2. The fraction of sp³-hybridized carbons (Fsp3) is 0.615. The van der Waals surface area contributed by atoms with E-state index in [9.17, 15) is 9.90 Å². The lowest BCUT2D eigenvalue weighted by Crippen LogP contribution is -2.45. The molecule has 1 heterocycles. The largest absolute Gasteiger partial charge is 0.397 e. The quantitative estimate of drug-likeness (QED) is 0.652. The van der Waals surface area contributed by atoms with Crippen molar-refractivity contribution in [3.63, 3.8) is 0 Å². The van der Waals surface area contributed by atoms with Crippen LogP contribution < -0.4 is 11.1 Å². The summed E-state index contributed by atoms with van der Waals surface area (Å²) in [5.74, 6) is 0.292. The molecule has 5 nitrogen and oxygen atoms in total. The van der Waals surface area contributed by atoms with Crippen LogP contribution in [0.4, 0.5) is 5.69 Å². The zero-order chi connectivity index (χ0) is 13.2. The fourth-order valence-corrected chi connectivity index (χ4v) is 2.68. The van der Waals surface area contributed by atoms with Gasteiger partial charge < -0.3 is 21.1 Å². The van der Waals surface area contributed by atoms with Crippen molar-refractivity contribution in [2.24, 2.45) is 5.92 Å². The topological polar surface area (TPSA) is 91.1 Å². The van der Waals surface area contributed by atoms with Gasteiger partial charge in [-0.1, -0.05) is 19.8 Å². The number of nitrogen functional groups attached to an aromatic ring is 1. The average Bonchev–Trinajstić information content (AvgIpc) is 2.73. The number of carbonyl (C=O) groups excluding carboxylic acids is 1. The van der Waals surface area contributed by atoms with E-state index in [0.717, 1.165) is 25.7 Å². The molecule has 1 aromatic heterocycles. The number of anilines is 1. The number of aromatic nitrogens is 1. The van der Waals surface area contributed by atoms with Crippen molar-refractivity contribution in [2.75, 3.05) is 12.3 Å². The molecule has 5 heteroatoms. The number of nitrogens with one attached hydrogen (secondary N) is 2. The third kappa shape index (κ3) is 3.04. The summed E-state index contributed by atoms with van der Waals surface area (Å²) in [7, 11) is 0. The highest BCUT2D eigenvalue weighted by Crippen LogP contribution is 2.31. The number of amides is 1. The molecule has 1 aliphatic carbocycles. The predicted octanol–water partition coefficient (Wildman–Crippen LogP) is 1.27. The molecule has 0 aromatic carbocycles. The molecule has 0 aliphatic heterocycles. The normalized spacial score (nSPS) is 28.0. The highest BCUT2D eigenvalue weighted by molar-refractivity contribution is 5.93. The Morgan fingerprint density at radius 1 is 1.72 bits per heavy atom. The molecule has 0 spiro atoms. The molecule has 0 radical (unpaired) electrons. The van der Waals surface area contributed by atoms with Gasteiger partial charge in [-0.3, -0.25) is 4.79 Å². The summed E-state index contributed by atoms with van der Waals surface area (Å²) >= 11 is 0.